The van der Waals surface area contributed by atoms with Gasteiger partial charge in [-0.15, -0.1) is 0 Å². The van der Waals surface area contributed by atoms with Crippen molar-refractivity contribution >= 4 is 11.6 Å². The lowest BCUT2D eigenvalue weighted by Gasteiger charge is -2.58. The summed E-state index contributed by atoms with van der Waals surface area (Å²) >= 11 is 0. The van der Waals surface area contributed by atoms with Gasteiger partial charge in [-0.3, -0.25) is 9.59 Å². The highest BCUT2D eigenvalue weighted by Crippen LogP contribution is 2.66. The molecule has 0 aromatic heterocycles. The van der Waals surface area contributed by atoms with Crippen LogP contribution in [0.3, 0.4) is 0 Å². The molecule has 0 radical (unpaired) electrons. The molecule has 0 heterocycles. The zero-order valence-electron chi connectivity index (χ0n) is 16.0. The van der Waals surface area contributed by atoms with E-state index in [0.29, 0.717) is 30.0 Å². The van der Waals surface area contributed by atoms with Crippen molar-refractivity contribution in [1.29, 1.82) is 0 Å². The fraction of sp³-hybridized carbons (Fsp3) is 0.818. The van der Waals surface area contributed by atoms with E-state index in [1.807, 2.05) is 6.08 Å². The van der Waals surface area contributed by atoms with Gasteiger partial charge in [-0.05, 0) is 79.6 Å². The lowest BCUT2D eigenvalue weighted by atomic mass is 9.46. The van der Waals surface area contributed by atoms with Crippen LogP contribution < -0.4 is 0 Å². The first kappa shape index (κ1) is 18.4. The molecule has 0 saturated heterocycles. The number of aliphatic hydroxyl groups excluding tert-OH is 2. The number of hydrogen-bond donors (Lipinski definition) is 2. The first-order chi connectivity index (χ1) is 12.3. The highest BCUT2D eigenvalue weighted by molar-refractivity contribution is 5.91. The Hall–Kier alpha value is -1.00. The fourth-order valence-electron chi connectivity index (χ4n) is 7.35. The summed E-state index contributed by atoms with van der Waals surface area (Å²) in [6, 6.07) is 0. The number of rotatable bonds is 3. The molecule has 4 heteroatoms. The van der Waals surface area contributed by atoms with Gasteiger partial charge in [-0.1, -0.05) is 19.4 Å². The van der Waals surface area contributed by atoms with Crippen LogP contribution in [0, 0.1) is 34.5 Å². The summed E-state index contributed by atoms with van der Waals surface area (Å²) in [5.74, 6) is 1.78. The van der Waals surface area contributed by atoms with Gasteiger partial charge in [0, 0.05) is 12.3 Å². The van der Waals surface area contributed by atoms with Crippen LogP contribution in [0.5, 0.6) is 0 Å². The monoisotopic (exact) mass is 360 g/mol. The van der Waals surface area contributed by atoms with E-state index in [2.05, 4.69) is 13.8 Å². The van der Waals surface area contributed by atoms with Crippen LogP contribution in [-0.2, 0) is 9.59 Å². The van der Waals surface area contributed by atoms with Gasteiger partial charge < -0.3 is 10.2 Å². The summed E-state index contributed by atoms with van der Waals surface area (Å²) in [5, 5.41) is 19.1. The van der Waals surface area contributed by atoms with E-state index in [1.54, 1.807) is 0 Å². The van der Waals surface area contributed by atoms with Gasteiger partial charge >= 0.3 is 0 Å². The van der Waals surface area contributed by atoms with Crippen molar-refractivity contribution in [2.24, 2.45) is 34.5 Å². The third kappa shape index (κ3) is 2.48. The average molecular weight is 360 g/mol. The molecule has 2 N–H and O–H groups in total. The number of hydrogen-bond acceptors (Lipinski definition) is 4. The Kier molecular flexibility index (Phi) is 4.43. The maximum Gasteiger partial charge on any atom is 0.167 e. The topological polar surface area (TPSA) is 74.6 Å². The first-order valence-electron chi connectivity index (χ1n) is 10.4. The van der Waals surface area contributed by atoms with Crippen molar-refractivity contribution < 1.29 is 19.8 Å². The van der Waals surface area contributed by atoms with Crippen molar-refractivity contribution in [3.63, 3.8) is 0 Å². The molecule has 4 aliphatic carbocycles. The second kappa shape index (κ2) is 6.27. The maximum atomic E-state index is 12.7. The number of carbonyl (C=O) groups excluding carboxylic acids is 2. The second-order valence-corrected chi connectivity index (χ2v) is 9.74. The highest BCUT2D eigenvalue weighted by atomic mass is 16.3. The molecule has 0 aromatic rings. The number of Topliss-reactive ketones (excluding diaryl/α,β-unsaturated/α-hetero) is 1. The zero-order valence-corrected chi connectivity index (χ0v) is 16.0. The zero-order chi connectivity index (χ0) is 18.7. The molecule has 3 saturated carbocycles. The van der Waals surface area contributed by atoms with Crippen molar-refractivity contribution in [3.05, 3.63) is 11.6 Å². The van der Waals surface area contributed by atoms with Crippen molar-refractivity contribution in [2.45, 2.75) is 71.3 Å². The van der Waals surface area contributed by atoms with Crippen LogP contribution in [0.1, 0.15) is 65.2 Å². The van der Waals surface area contributed by atoms with Crippen molar-refractivity contribution in [3.8, 4) is 0 Å². The van der Waals surface area contributed by atoms with Gasteiger partial charge in [0.25, 0.3) is 0 Å². The molecule has 0 amide bonds. The molecule has 7 atom stereocenters. The van der Waals surface area contributed by atoms with Gasteiger partial charge in [0.2, 0.25) is 0 Å². The number of allylic oxidation sites excluding steroid dienone is 1. The van der Waals surface area contributed by atoms with Gasteiger partial charge in [-0.2, -0.15) is 0 Å². The summed E-state index contributed by atoms with van der Waals surface area (Å²) in [4.78, 5) is 24.6. The molecule has 0 bridgehead atoms. The predicted molar refractivity (Wildman–Crippen MR) is 98.3 cm³/mol. The van der Waals surface area contributed by atoms with Crippen molar-refractivity contribution in [2.75, 3.05) is 6.61 Å². The summed E-state index contributed by atoms with van der Waals surface area (Å²) < 4.78 is 0. The quantitative estimate of drug-likeness (QED) is 0.811. The fourth-order valence-corrected chi connectivity index (χ4v) is 7.35. The number of carbonyl (C=O) groups is 2. The number of ketones is 2. The minimum Gasteiger partial charge on any atom is -0.393 e. The number of fused-ring (bicyclic) bond motifs is 5. The van der Waals surface area contributed by atoms with Crippen LogP contribution in [0.2, 0.25) is 0 Å². The molecule has 144 valence electrons. The largest absolute Gasteiger partial charge is 0.393 e. The van der Waals surface area contributed by atoms with Crippen molar-refractivity contribution in [1.82, 2.24) is 0 Å². The molecule has 4 nitrogen and oxygen atoms in total. The number of aliphatic hydroxyl groups is 2. The van der Waals surface area contributed by atoms with E-state index in [1.165, 1.54) is 5.57 Å². The van der Waals surface area contributed by atoms with Crippen LogP contribution in [0.4, 0.5) is 0 Å². The van der Waals surface area contributed by atoms with Gasteiger partial charge in [0.15, 0.2) is 11.6 Å². The molecule has 0 aromatic carbocycles. The lowest BCUT2D eigenvalue weighted by molar-refractivity contribution is -0.140. The smallest absolute Gasteiger partial charge is 0.167 e. The SMILES string of the molecule is C[C@]12CC[C@H]3[C@@H](CCC4=CC(=O)CC[C@@]43C)[C@@H]1CC[C@@H]2C(=O)C(O)CO. The Morgan fingerprint density at radius 3 is 2.65 bits per heavy atom. The Labute approximate surface area is 156 Å². The van der Waals surface area contributed by atoms with E-state index in [4.69, 9.17) is 0 Å². The Bertz CT molecular complexity index is 653. The summed E-state index contributed by atoms with van der Waals surface area (Å²) in [7, 11) is 0. The maximum absolute atomic E-state index is 12.7. The lowest BCUT2D eigenvalue weighted by Crippen LogP contribution is -2.51. The van der Waals surface area contributed by atoms with E-state index >= 15 is 0 Å². The second-order valence-electron chi connectivity index (χ2n) is 9.74. The molecule has 26 heavy (non-hydrogen) atoms. The molecule has 4 rings (SSSR count). The van der Waals surface area contributed by atoms with Gasteiger partial charge in [0.05, 0.1) is 6.61 Å². The van der Waals surface area contributed by atoms with Crippen LogP contribution in [0.15, 0.2) is 11.6 Å². The minimum absolute atomic E-state index is 0.0452. The Balaban J connectivity index is 1.61. The van der Waals surface area contributed by atoms with Gasteiger partial charge in [-0.25, -0.2) is 0 Å². The van der Waals surface area contributed by atoms with Gasteiger partial charge in [0.1, 0.15) is 6.10 Å². The molecular weight excluding hydrogens is 328 g/mol. The van der Waals surface area contributed by atoms with E-state index in [0.717, 1.165) is 44.9 Å². The van der Waals surface area contributed by atoms with Crippen LogP contribution in [0.25, 0.3) is 0 Å². The third-order valence-corrected chi connectivity index (χ3v) is 8.81. The Morgan fingerprint density at radius 1 is 1.15 bits per heavy atom. The molecule has 4 aliphatic rings. The summed E-state index contributed by atoms with van der Waals surface area (Å²) in [6.07, 6.45) is 8.55. The highest BCUT2D eigenvalue weighted by Gasteiger charge is 2.60. The molecule has 1 unspecified atom stereocenters. The van der Waals surface area contributed by atoms with E-state index in [9.17, 15) is 19.8 Å². The minimum atomic E-state index is -1.23. The summed E-state index contributed by atoms with van der Waals surface area (Å²) in [6.45, 7) is 4.16. The predicted octanol–water partition coefficient (Wildman–Crippen LogP) is 3.06. The first-order valence-corrected chi connectivity index (χ1v) is 10.4. The van der Waals surface area contributed by atoms with E-state index < -0.39 is 12.7 Å². The third-order valence-electron chi connectivity index (χ3n) is 8.81. The Morgan fingerprint density at radius 2 is 1.92 bits per heavy atom. The summed E-state index contributed by atoms with van der Waals surface area (Å²) in [5.41, 5.74) is 1.49. The standard InChI is InChI=1S/C22H32O4/c1-21-9-7-14(24)11-13(21)3-4-15-16-5-6-18(20(26)19(25)12-23)22(16,2)10-8-17(15)21/h11,15-19,23,25H,3-10,12H2,1-2H3/t15-,16-,17-,18+,19?,21-,22-/m0/s1. The van der Waals surface area contributed by atoms with Crippen LogP contribution >= 0.6 is 0 Å². The molecule has 3 fully saturated rings. The van der Waals surface area contributed by atoms with Crippen LogP contribution in [-0.4, -0.2) is 34.5 Å². The molecule has 0 spiro atoms. The average Bonchev–Trinajstić information content (AvgIpc) is 2.98. The van der Waals surface area contributed by atoms with E-state index in [-0.39, 0.29) is 22.5 Å². The normalized spacial score (nSPS) is 46.0. The molecular formula is C22H32O4. The molecule has 0 aliphatic heterocycles.